The van der Waals surface area contributed by atoms with E-state index in [1.807, 2.05) is 24.3 Å². The average molecular weight is 505 g/mol. The molecule has 0 aliphatic carbocycles. The number of carbonyl (C=O) groups is 1. The highest BCUT2D eigenvalue weighted by Gasteiger charge is 2.38. The highest BCUT2D eigenvalue weighted by molar-refractivity contribution is 7.16. The number of nitrogens with zero attached hydrogens (tertiary/aromatic N) is 1. The molecular weight excluding hydrogens is 472 g/mol. The van der Waals surface area contributed by atoms with Gasteiger partial charge in [-0.3, -0.25) is 15.2 Å². The average Bonchev–Trinajstić information content (AvgIpc) is 2.91. The first-order valence-corrected chi connectivity index (χ1v) is 15.0. The zero-order valence-corrected chi connectivity index (χ0v) is 22.9. The first kappa shape index (κ1) is 25.6. The lowest BCUT2D eigenvalue weighted by Gasteiger charge is -2.37. The van der Waals surface area contributed by atoms with E-state index in [1.54, 1.807) is 11.3 Å². The number of aliphatic imine (C=N–C) groups is 1. The number of carbonyl (C=O) groups excluding carboxylic acids is 1. The summed E-state index contributed by atoms with van der Waals surface area (Å²) < 4.78 is 6.54. The van der Waals surface area contributed by atoms with Crippen molar-refractivity contribution in [3.8, 4) is 0 Å². The van der Waals surface area contributed by atoms with Crippen LogP contribution in [0.2, 0.25) is 23.2 Å². The third-order valence-corrected chi connectivity index (χ3v) is 12.4. The predicted octanol–water partition coefficient (Wildman–Crippen LogP) is 5.55. The zero-order valence-electron chi connectivity index (χ0n) is 20.3. The number of benzene rings is 1. The fourth-order valence-electron chi connectivity index (χ4n) is 3.28. The van der Waals surface area contributed by atoms with Gasteiger partial charge in [0, 0.05) is 32.8 Å². The number of aryl methyl sites for hydroxylation is 1. The molecule has 1 amide bonds. The van der Waals surface area contributed by atoms with Crippen LogP contribution < -0.4 is 16.6 Å². The molecule has 6 nitrogen and oxygen atoms in total. The number of hydrazine groups is 1. The van der Waals surface area contributed by atoms with Crippen molar-refractivity contribution in [3.63, 3.8) is 0 Å². The van der Waals surface area contributed by atoms with Gasteiger partial charge in [-0.1, -0.05) is 44.5 Å². The topological polar surface area (TPSA) is 88.7 Å². The summed E-state index contributed by atoms with van der Waals surface area (Å²) in [7, 11) is -2.04. The third-order valence-electron chi connectivity index (χ3n) is 6.48. The largest absolute Gasteiger partial charge is 0.414 e. The number of halogens is 1. The molecule has 0 unspecified atom stereocenters. The van der Waals surface area contributed by atoms with Crippen molar-refractivity contribution >= 4 is 47.9 Å². The molecule has 1 aliphatic rings. The van der Waals surface area contributed by atoms with E-state index in [4.69, 9.17) is 26.9 Å². The Morgan fingerprint density at radius 1 is 1.30 bits per heavy atom. The number of nitrogens with two attached hydrogens (primary N) is 1. The third kappa shape index (κ3) is 5.58. The highest BCUT2D eigenvalue weighted by Crippen LogP contribution is 2.40. The number of rotatable bonds is 5. The Kier molecular flexibility index (Phi) is 7.55. The Balaban J connectivity index is 2.16. The van der Waals surface area contributed by atoms with E-state index in [0.717, 1.165) is 27.4 Å². The Hall–Kier alpha value is -1.97. The van der Waals surface area contributed by atoms with Gasteiger partial charge in [-0.2, -0.15) is 0 Å². The van der Waals surface area contributed by atoms with Crippen LogP contribution in [-0.4, -0.2) is 32.6 Å². The summed E-state index contributed by atoms with van der Waals surface area (Å²) in [6, 6.07) is 7.29. The van der Waals surface area contributed by atoms with Crippen LogP contribution >= 0.6 is 22.9 Å². The summed E-state index contributed by atoms with van der Waals surface area (Å²) in [5.41, 5.74) is 6.86. The van der Waals surface area contributed by atoms with E-state index in [-0.39, 0.29) is 5.04 Å². The molecular formula is C24H33ClN4O2SSi. The molecule has 0 saturated carbocycles. The van der Waals surface area contributed by atoms with Crippen molar-refractivity contribution in [2.45, 2.75) is 58.8 Å². The molecule has 3 rings (SSSR count). The molecule has 1 atom stereocenters. The molecule has 0 fully saturated rings. The number of hydrogen-bond acceptors (Lipinski definition) is 6. The van der Waals surface area contributed by atoms with Gasteiger partial charge in [0.2, 0.25) is 0 Å². The minimum Gasteiger partial charge on any atom is -0.414 e. The molecule has 0 saturated heterocycles. The number of hydrogen-bond donors (Lipinski definition) is 3. The van der Waals surface area contributed by atoms with Crippen LogP contribution in [-0.2, 0) is 9.22 Å². The van der Waals surface area contributed by atoms with E-state index < -0.39 is 20.3 Å². The summed E-state index contributed by atoms with van der Waals surface area (Å²) in [4.78, 5) is 18.6. The first-order valence-electron chi connectivity index (χ1n) is 10.9. The van der Waals surface area contributed by atoms with Gasteiger partial charge in [0.15, 0.2) is 8.32 Å². The summed E-state index contributed by atoms with van der Waals surface area (Å²) in [5, 5.41) is 5.15. The van der Waals surface area contributed by atoms with Crippen molar-refractivity contribution in [1.29, 1.82) is 0 Å². The number of amides is 1. The molecule has 0 radical (unpaired) electrons. The van der Waals surface area contributed by atoms with Crippen LogP contribution in [0.5, 0.6) is 0 Å². The van der Waals surface area contributed by atoms with Crippen LogP contribution in [0.15, 0.2) is 41.0 Å². The maximum atomic E-state index is 12.2. The van der Waals surface area contributed by atoms with E-state index in [9.17, 15) is 4.79 Å². The molecule has 4 N–H and O–H groups in total. The number of fused-ring (bicyclic) bond motifs is 1. The molecule has 1 aromatic carbocycles. The predicted molar refractivity (Wildman–Crippen MR) is 142 cm³/mol. The van der Waals surface area contributed by atoms with Crippen LogP contribution in [0, 0.1) is 13.8 Å². The first-order chi connectivity index (χ1) is 15.3. The van der Waals surface area contributed by atoms with E-state index in [2.05, 4.69) is 58.5 Å². The van der Waals surface area contributed by atoms with Crippen LogP contribution in [0.25, 0.3) is 0 Å². The molecule has 33 heavy (non-hydrogen) atoms. The zero-order chi connectivity index (χ0) is 24.6. The molecule has 1 aromatic heterocycles. The molecule has 9 heteroatoms. The SMILES string of the molecule is Cc1sc2c(c1C)C(c1ccc(Cl)cc1)=N[C@@H](CO[Si](C)(C)C(C)(C)C)/C(=C/C(=O)NN)N2. The van der Waals surface area contributed by atoms with E-state index in [1.165, 1.54) is 11.0 Å². The van der Waals surface area contributed by atoms with E-state index >= 15 is 0 Å². The van der Waals surface area contributed by atoms with Gasteiger partial charge < -0.3 is 9.74 Å². The fraction of sp³-hybridized carbons (Fsp3) is 0.417. The molecule has 178 valence electrons. The normalized spacial score (nSPS) is 17.8. The molecule has 0 bridgehead atoms. The Bertz CT molecular complexity index is 1100. The van der Waals surface area contributed by atoms with Crippen molar-refractivity contribution in [3.05, 3.63) is 62.6 Å². The van der Waals surface area contributed by atoms with Crippen LogP contribution in [0.1, 0.15) is 42.3 Å². The van der Waals surface area contributed by atoms with Gasteiger partial charge in [-0.05, 0) is 49.7 Å². The second-order valence-electron chi connectivity index (χ2n) is 9.79. The maximum Gasteiger partial charge on any atom is 0.259 e. The van der Waals surface area contributed by atoms with Gasteiger partial charge in [0.05, 0.1) is 12.3 Å². The monoisotopic (exact) mass is 504 g/mol. The molecule has 2 heterocycles. The number of thiophene rings is 1. The minimum absolute atomic E-state index is 0.0543. The second kappa shape index (κ2) is 9.72. The summed E-state index contributed by atoms with van der Waals surface area (Å²) in [6.07, 6.45) is 1.47. The van der Waals surface area contributed by atoms with Crippen LogP contribution in [0.3, 0.4) is 0 Å². The summed E-state index contributed by atoms with van der Waals surface area (Å²) >= 11 is 7.80. The fourth-order valence-corrected chi connectivity index (χ4v) is 5.49. The minimum atomic E-state index is -2.04. The lowest BCUT2D eigenvalue weighted by molar-refractivity contribution is -0.116. The van der Waals surface area contributed by atoms with Gasteiger partial charge in [-0.15, -0.1) is 11.3 Å². The van der Waals surface area contributed by atoms with Crippen LogP contribution in [0.4, 0.5) is 5.00 Å². The Morgan fingerprint density at radius 2 is 1.94 bits per heavy atom. The van der Waals surface area contributed by atoms with Gasteiger partial charge >= 0.3 is 0 Å². The summed E-state index contributed by atoms with van der Waals surface area (Å²) in [6.45, 7) is 15.6. The quantitative estimate of drug-likeness (QED) is 0.164. The maximum absolute atomic E-state index is 12.2. The standard InChI is InChI=1S/C24H33ClN4O2SSi/c1-14-15(2)32-23-21(14)22(16-8-10-17(25)11-9-16)27-19(18(28-23)12-20(30)29-26)13-31-33(6,7)24(3,4)5/h8-12,19,28H,13,26H2,1-7H3,(H,29,30)/b18-12-/t19-/m0/s1. The second-order valence-corrected chi connectivity index (χ2v) is 16.3. The molecule has 0 spiro atoms. The summed E-state index contributed by atoms with van der Waals surface area (Å²) in [5.74, 6) is 4.99. The van der Waals surface area contributed by atoms with Crippen molar-refractivity contribution in [2.75, 3.05) is 11.9 Å². The number of nitrogens with one attached hydrogen (secondary N) is 2. The van der Waals surface area contributed by atoms with Crippen molar-refractivity contribution in [1.82, 2.24) is 5.43 Å². The Labute approximate surface area is 206 Å². The van der Waals surface area contributed by atoms with Gasteiger partial charge in [0.1, 0.15) is 11.0 Å². The molecule has 2 aromatic rings. The smallest absolute Gasteiger partial charge is 0.259 e. The molecule has 1 aliphatic heterocycles. The highest BCUT2D eigenvalue weighted by atomic mass is 35.5. The van der Waals surface area contributed by atoms with Gasteiger partial charge in [-0.25, -0.2) is 5.84 Å². The van der Waals surface area contributed by atoms with Crippen molar-refractivity contribution < 1.29 is 9.22 Å². The van der Waals surface area contributed by atoms with Gasteiger partial charge in [0.25, 0.3) is 5.91 Å². The lowest BCUT2D eigenvalue weighted by atomic mass is 10.00. The van der Waals surface area contributed by atoms with E-state index in [0.29, 0.717) is 17.3 Å². The number of anilines is 1. The lowest BCUT2D eigenvalue weighted by Crippen LogP contribution is -2.43. The Morgan fingerprint density at radius 3 is 2.52 bits per heavy atom. The van der Waals surface area contributed by atoms with Crippen molar-refractivity contribution in [2.24, 2.45) is 10.8 Å².